The number of carbonyl (C=O) groups excluding carboxylic acids is 1. The molecule has 3 aromatic carbocycles. The van der Waals surface area contributed by atoms with Crippen molar-refractivity contribution in [1.82, 2.24) is 0 Å². The summed E-state index contributed by atoms with van der Waals surface area (Å²) in [5.74, 6) is -0.600. The molecule has 0 aliphatic carbocycles. The summed E-state index contributed by atoms with van der Waals surface area (Å²) in [5.41, 5.74) is 1.15. The van der Waals surface area contributed by atoms with Crippen LogP contribution in [0.2, 0.25) is 0 Å². The number of halogens is 1. The van der Waals surface area contributed by atoms with Crippen molar-refractivity contribution in [3.05, 3.63) is 78.1 Å². The van der Waals surface area contributed by atoms with E-state index in [-0.39, 0.29) is 22.0 Å². The van der Waals surface area contributed by atoms with Crippen molar-refractivity contribution < 1.29 is 27.1 Å². The van der Waals surface area contributed by atoms with Crippen molar-refractivity contribution in [2.45, 2.75) is 11.8 Å². The van der Waals surface area contributed by atoms with Crippen molar-refractivity contribution in [1.29, 1.82) is 0 Å². The topological polar surface area (TPSA) is 84.9 Å². The van der Waals surface area contributed by atoms with Crippen LogP contribution < -0.4 is 19.1 Å². The van der Waals surface area contributed by atoms with Crippen molar-refractivity contribution in [2.24, 2.45) is 0 Å². The van der Waals surface area contributed by atoms with Gasteiger partial charge in [-0.2, -0.15) is 0 Å². The fourth-order valence-corrected chi connectivity index (χ4v) is 4.74. The largest absolute Gasteiger partial charge is 0.497 e. The predicted molar refractivity (Wildman–Crippen MR) is 120 cm³/mol. The number of ether oxygens (including phenoxy) is 2. The van der Waals surface area contributed by atoms with E-state index in [4.69, 9.17) is 9.47 Å². The van der Waals surface area contributed by atoms with Gasteiger partial charge in [0.2, 0.25) is 5.91 Å². The zero-order chi connectivity index (χ0) is 23.3. The summed E-state index contributed by atoms with van der Waals surface area (Å²) in [6.07, 6.45) is 0. The van der Waals surface area contributed by atoms with E-state index in [1.807, 2.05) is 0 Å². The molecular weight excluding hydrogens is 435 g/mol. The van der Waals surface area contributed by atoms with Crippen LogP contribution in [0, 0.1) is 12.7 Å². The Labute approximate surface area is 186 Å². The van der Waals surface area contributed by atoms with Crippen molar-refractivity contribution >= 4 is 27.3 Å². The van der Waals surface area contributed by atoms with Gasteiger partial charge in [-0.3, -0.25) is 9.10 Å². The Morgan fingerprint density at radius 2 is 1.75 bits per heavy atom. The summed E-state index contributed by atoms with van der Waals surface area (Å²) in [7, 11) is -1.39. The molecule has 0 saturated carbocycles. The van der Waals surface area contributed by atoms with Crippen LogP contribution in [0.1, 0.15) is 5.56 Å². The minimum absolute atomic E-state index is 0.0821. The Hall–Kier alpha value is -3.59. The molecule has 0 aromatic heterocycles. The molecule has 3 rings (SSSR count). The molecule has 0 atom stereocenters. The molecule has 0 saturated heterocycles. The molecule has 9 heteroatoms. The number of anilines is 2. The molecule has 0 spiro atoms. The number of amides is 1. The van der Waals surface area contributed by atoms with Crippen LogP contribution in [0.4, 0.5) is 15.8 Å². The molecule has 0 fully saturated rings. The second kappa shape index (κ2) is 9.69. The number of hydrogen-bond acceptors (Lipinski definition) is 5. The smallest absolute Gasteiger partial charge is 0.268 e. The highest BCUT2D eigenvalue weighted by Gasteiger charge is 2.30. The first-order valence-electron chi connectivity index (χ1n) is 9.61. The summed E-state index contributed by atoms with van der Waals surface area (Å²) < 4.78 is 52.2. The number of nitrogens with zero attached hydrogens (tertiary/aromatic N) is 1. The molecule has 0 radical (unpaired) electrons. The third-order valence-corrected chi connectivity index (χ3v) is 6.42. The van der Waals surface area contributed by atoms with Gasteiger partial charge < -0.3 is 14.8 Å². The van der Waals surface area contributed by atoms with Gasteiger partial charge in [-0.1, -0.05) is 18.2 Å². The van der Waals surface area contributed by atoms with E-state index in [2.05, 4.69) is 5.32 Å². The van der Waals surface area contributed by atoms with Crippen LogP contribution in [-0.4, -0.2) is 35.1 Å². The second-order valence-electron chi connectivity index (χ2n) is 6.93. The highest BCUT2D eigenvalue weighted by atomic mass is 32.2. The second-order valence-corrected chi connectivity index (χ2v) is 8.76. The Bertz CT molecular complexity index is 1230. The molecule has 1 N–H and O–H groups in total. The van der Waals surface area contributed by atoms with Crippen LogP contribution in [0.15, 0.2) is 71.6 Å². The zero-order valence-electron chi connectivity index (χ0n) is 17.8. The summed E-state index contributed by atoms with van der Waals surface area (Å²) in [6.45, 7) is 1.20. The van der Waals surface area contributed by atoms with Crippen LogP contribution in [0.25, 0.3) is 0 Å². The molecule has 0 aliphatic heterocycles. The first-order valence-corrected chi connectivity index (χ1v) is 11.1. The number of carbonyl (C=O) groups is 1. The first-order chi connectivity index (χ1) is 15.2. The van der Waals surface area contributed by atoms with E-state index < -0.39 is 28.3 Å². The number of methoxy groups -OCH3 is 2. The lowest BCUT2D eigenvalue weighted by Gasteiger charge is -2.25. The van der Waals surface area contributed by atoms with E-state index in [9.17, 15) is 17.6 Å². The predicted octanol–water partition coefficient (Wildman–Crippen LogP) is 3.99. The molecular formula is C23H23FN2O5S. The number of hydrogen-bond donors (Lipinski definition) is 1. The average molecular weight is 459 g/mol. The molecule has 0 heterocycles. The number of sulfonamides is 1. The normalized spacial score (nSPS) is 11.0. The monoisotopic (exact) mass is 458 g/mol. The fraction of sp³-hybridized carbons (Fsp3) is 0.174. The van der Waals surface area contributed by atoms with Crippen molar-refractivity contribution in [2.75, 3.05) is 30.4 Å². The standard InChI is InChI=1S/C23H23FN2O5S/c1-16-10-11-21(31-3)22(12-16)32(28,29)26(19-8-5-9-20(14-19)30-2)15-23(27)25-18-7-4-6-17(24)13-18/h4-14H,15H2,1-3H3,(H,25,27). The summed E-state index contributed by atoms with van der Waals surface area (Å²) in [6, 6.07) is 16.4. The Morgan fingerprint density at radius 1 is 1.00 bits per heavy atom. The third-order valence-electron chi connectivity index (χ3n) is 4.62. The van der Waals surface area contributed by atoms with Gasteiger partial charge in [-0.05, 0) is 55.0 Å². The molecule has 3 aromatic rings. The lowest BCUT2D eigenvalue weighted by Crippen LogP contribution is -2.38. The lowest BCUT2D eigenvalue weighted by molar-refractivity contribution is -0.114. The molecule has 32 heavy (non-hydrogen) atoms. The number of nitrogens with one attached hydrogen (secondary N) is 1. The zero-order valence-corrected chi connectivity index (χ0v) is 18.6. The molecule has 1 amide bonds. The highest BCUT2D eigenvalue weighted by molar-refractivity contribution is 7.93. The third kappa shape index (κ3) is 5.17. The van der Waals surface area contributed by atoms with Crippen molar-refractivity contribution in [3.8, 4) is 11.5 Å². The van der Waals surface area contributed by atoms with Crippen LogP contribution >= 0.6 is 0 Å². The van der Waals surface area contributed by atoms with E-state index >= 15 is 0 Å². The number of rotatable bonds is 8. The van der Waals surface area contributed by atoms with E-state index in [0.717, 1.165) is 10.4 Å². The summed E-state index contributed by atoms with van der Waals surface area (Å²) >= 11 is 0. The summed E-state index contributed by atoms with van der Waals surface area (Å²) in [5, 5.41) is 2.53. The fourth-order valence-electron chi connectivity index (χ4n) is 3.08. The molecule has 168 valence electrons. The Morgan fingerprint density at radius 3 is 2.44 bits per heavy atom. The van der Waals surface area contributed by atoms with E-state index in [1.54, 1.807) is 37.3 Å². The van der Waals surface area contributed by atoms with Gasteiger partial charge in [0, 0.05) is 11.8 Å². The minimum Gasteiger partial charge on any atom is -0.497 e. The maximum Gasteiger partial charge on any atom is 0.268 e. The first kappa shape index (κ1) is 23.1. The quantitative estimate of drug-likeness (QED) is 0.552. The van der Waals surface area contributed by atoms with Gasteiger partial charge in [0.05, 0.1) is 19.9 Å². The van der Waals surface area contributed by atoms with Crippen LogP contribution in [-0.2, 0) is 14.8 Å². The minimum atomic E-state index is -4.22. The lowest BCUT2D eigenvalue weighted by atomic mass is 10.2. The van der Waals surface area contributed by atoms with Gasteiger partial charge >= 0.3 is 0 Å². The van der Waals surface area contributed by atoms with Gasteiger partial charge in [0.25, 0.3) is 10.0 Å². The van der Waals surface area contributed by atoms with Crippen LogP contribution in [0.5, 0.6) is 11.5 Å². The molecule has 0 aliphatic rings. The van der Waals surface area contributed by atoms with E-state index in [0.29, 0.717) is 11.3 Å². The highest BCUT2D eigenvalue weighted by Crippen LogP contribution is 2.32. The van der Waals surface area contributed by atoms with E-state index in [1.165, 1.54) is 44.6 Å². The maximum atomic E-state index is 13.7. The van der Waals surface area contributed by atoms with Gasteiger partial charge in [0.15, 0.2) is 0 Å². The summed E-state index contributed by atoms with van der Waals surface area (Å²) in [4.78, 5) is 12.7. The molecule has 7 nitrogen and oxygen atoms in total. The Kier molecular flexibility index (Phi) is 6.99. The van der Waals surface area contributed by atoms with Crippen LogP contribution in [0.3, 0.4) is 0 Å². The average Bonchev–Trinajstić information content (AvgIpc) is 2.77. The van der Waals surface area contributed by atoms with Crippen molar-refractivity contribution in [3.63, 3.8) is 0 Å². The SMILES string of the molecule is COc1cccc(N(CC(=O)Nc2cccc(F)c2)S(=O)(=O)c2cc(C)ccc2OC)c1. The van der Waals surface area contributed by atoms with Gasteiger partial charge in [-0.15, -0.1) is 0 Å². The Balaban J connectivity index is 2.04. The maximum absolute atomic E-state index is 13.7. The molecule has 0 bridgehead atoms. The van der Waals surface area contributed by atoms with Gasteiger partial charge in [0.1, 0.15) is 28.8 Å². The molecule has 0 unspecified atom stereocenters. The van der Waals surface area contributed by atoms with Gasteiger partial charge in [-0.25, -0.2) is 12.8 Å². The number of aryl methyl sites for hydroxylation is 1. The number of benzene rings is 3.